The summed E-state index contributed by atoms with van der Waals surface area (Å²) in [5.41, 5.74) is -0.751. The third kappa shape index (κ3) is 2.81. The molecular formula is C17H22N4O4. The van der Waals surface area contributed by atoms with E-state index in [-0.39, 0.29) is 11.8 Å². The SMILES string of the molecule is Cc1nccn1C1(C(=O)O)CCN(C(=O)c2ncoc2C(C)C)CC1. The average Bonchev–Trinajstić information content (AvgIpc) is 3.23. The monoisotopic (exact) mass is 346 g/mol. The molecule has 8 nitrogen and oxygen atoms in total. The molecule has 0 radical (unpaired) electrons. The van der Waals surface area contributed by atoms with Gasteiger partial charge in [0, 0.05) is 31.4 Å². The predicted octanol–water partition coefficient (Wildman–Crippen LogP) is 2.02. The minimum Gasteiger partial charge on any atom is -0.479 e. The lowest BCUT2D eigenvalue weighted by Crippen LogP contribution is -2.52. The van der Waals surface area contributed by atoms with Crippen LogP contribution in [0.4, 0.5) is 0 Å². The van der Waals surface area contributed by atoms with Gasteiger partial charge in [0.15, 0.2) is 12.1 Å². The lowest BCUT2D eigenvalue weighted by atomic mass is 9.86. The molecule has 1 saturated heterocycles. The zero-order valence-electron chi connectivity index (χ0n) is 14.6. The van der Waals surface area contributed by atoms with Crippen molar-refractivity contribution in [2.75, 3.05) is 13.1 Å². The van der Waals surface area contributed by atoms with Gasteiger partial charge in [0.1, 0.15) is 17.1 Å². The molecule has 2 aromatic heterocycles. The number of piperidine rings is 1. The van der Waals surface area contributed by atoms with E-state index < -0.39 is 11.5 Å². The topological polar surface area (TPSA) is 101 Å². The Morgan fingerprint density at radius 3 is 2.48 bits per heavy atom. The van der Waals surface area contributed by atoms with Crippen LogP contribution in [0.25, 0.3) is 0 Å². The summed E-state index contributed by atoms with van der Waals surface area (Å²) in [5, 5.41) is 9.83. The van der Waals surface area contributed by atoms with Gasteiger partial charge in [0.05, 0.1) is 0 Å². The fourth-order valence-corrected chi connectivity index (χ4v) is 3.44. The van der Waals surface area contributed by atoms with Gasteiger partial charge >= 0.3 is 5.97 Å². The minimum absolute atomic E-state index is 0.0537. The van der Waals surface area contributed by atoms with Crippen molar-refractivity contribution in [3.63, 3.8) is 0 Å². The van der Waals surface area contributed by atoms with Crippen LogP contribution in [0.2, 0.25) is 0 Å². The Balaban J connectivity index is 1.81. The van der Waals surface area contributed by atoms with E-state index in [0.717, 1.165) is 0 Å². The number of carbonyl (C=O) groups excluding carboxylic acids is 1. The van der Waals surface area contributed by atoms with Crippen molar-refractivity contribution in [1.82, 2.24) is 19.4 Å². The number of hydrogen-bond donors (Lipinski definition) is 1. The molecule has 1 aliphatic heterocycles. The van der Waals surface area contributed by atoms with E-state index in [1.807, 2.05) is 13.8 Å². The number of carbonyl (C=O) groups is 2. The zero-order chi connectivity index (χ0) is 18.2. The van der Waals surface area contributed by atoms with Crippen molar-refractivity contribution < 1.29 is 19.1 Å². The van der Waals surface area contributed by atoms with Crippen LogP contribution in [-0.4, -0.2) is 49.5 Å². The molecule has 3 heterocycles. The van der Waals surface area contributed by atoms with Gasteiger partial charge in [-0.2, -0.15) is 0 Å². The molecule has 1 N–H and O–H groups in total. The van der Waals surface area contributed by atoms with Crippen LogP contribution in [0.1, 0.15) is 54.7 Å². The Labute approximate surface area is 145 Å². The smallest absolute Gasteiger partial charge is 0.330 e. The summed E-state index contributed by atoms with van der Waals surface area (Å²) in [6.07, 6.45) is 5.21. The van der Waals surface area contributed by atoms with Gasteiger partial charge in [0.2, 0.25) is 0 Å². The van der Waals surface area contributed by atoms with Crippen LogP contribution >= 0.6 is 0 Å². The Kier molecular flexibility index (Phi) is 4.36. The predicted molar refractivity (Wildman–Crippen MR) is 88.3 cm³/mol. The number of aliphatic carboxylic acids is 1. The van der Waals surface area contributed by atoms with Crippen molar-refractivity contribution in [1.29, 1.82) is 0 Å². The number of hydrogen-bond acceptors (Lipinski definition) is 5. The first kappa shape index (κ1) is 17.2. The minimum atomic E-state index is -1.07. The highest BCUT2D eigenvalue weighted by molar-refractivity contribution is 5.93. The highest BCUT2D eigenvalue weighted by Crippen LogP contribution is 2.32. The number of amides is 1. The summed E-state index contributed by atoms with van der Waals surface area (Å²) in [4.78, 5) is 34.6. The van der Waals surface area contributed by atoms with E-state index in [2.05, 4.69) is 9.97 Å². The van der Waals surface area contributed by atoms with E-state index in [1.165, 1.54) is 6.39 Å². The summed E-state index contributed by atoms with van der Waals surface area (Å²) in [6, 6.07) is 0. The highest BCUT2D eigenvalue weighted by Gasteiger charge is 2.45. The van der Waals surface area contributed by atoms with Gasteiger partial charge in [0.25, 0.3) is 5.91 Å². The molecule has 1 amide bonds. The Morgan fingerprint density at radius 1 is 1.28 bits per heavy atom. The first-order valence-corrected chi connectivity index (χ1v) is 8.33. The van der Waals surface area contributed by atoms with E-state index in [4.69, 9.17) is 4.42 Å². The van der Waals surface area contributed by atoms with Crippen molar-refractivity contribution >= 4 is 11.9 Å². The maximum atomic E-state index is 12.8. The fourth-order valence-electron chi connectivity index (χ4n) is 3.44. The number of oxazole rings is 1. The number of likely N-dealkylation sites (tertiary alicyclic amines) is 1. The molecule has 134 valence electrons. The third-order valence-corrected chi connectivity index (χ3v) is 4.88. The van der Waals surface area contributed by atoms with Gasteiger partial charge < -0.3 is 19.0 Å². The average molecular weight is 346 g/mol. The molecule has 2 aromatic rings. The molecule has 1 aliphatic rings. The van der Waals surface area contributed by atoms with Crippen LogP contribution in [0.5, 0.6) is 0 Å². The van der Waals surface area contributed by atoms with E-state index in [1.54, 1.807) is 28.8 Å². The van der Waals surface area contributed by atoms with Crippen molar-refractivity contribution in [3.8, 4) is 0 Å². The van der Waals surface area contributed by atoms with Crippen molar-refractivity contribution in [2.45, 2.75) is 45.1 Å². The molecule has 1 fully saturated rings. The van der Waals surface area contributed by atoms with Crippen LogP contribution < -0.4 is 0 Å². The highest BCUT2D eigenvalue weighted by atomic mass is 16.4. The fraction of sp³-hybridized carbons (Fsp3) is 0.529. The molecule has 25 heavy (non-hydrogen) atoms. The number of carboxylic acid groups (broad SMARTS) is 1. The Bertz CT molecular complexity index is 784. The first-order chi connectivity index (χ1) is 11.9. The van der Waals surface area contributed by atoms with Crippen molar-refractivity contribution in [2.24, 2.45) is 0 Å². The van der Waals surface area contributed by atoms with E-state index >= 15 is 0 Å². The number of carboxylic acids is 1. The molecule has 8 heteroatoms. The van der Waals surface area contributed by atoms with Gasteiger partial charge in [-0.25, -0.2) is 14.8 Å². The van der Waals surface area contributed by atoms with Gasteiger partial charge in [-0.3, -0.25) is 4.79 Å². The van der Waals surface area contributed by atoms with Gasteiger partial charge in [-0.15, -0.1) is 0 Å². The second-order valence-electron chi connectivity index (χ2n) is 6.69. The molecule has 3 rings (SSSR count). The molecule has 0 atom stereocenters. The van der Waals surface area contributed by atoms with Crippen LogP contribution in [0.15, 0.2) is 23.2 Å². The maximum absolute atomic E-state index is 12.8. The largest absolute Gasteiger partial charge is 0.479 e. The van der Waals surface area contributed by atoms with Gasteiger partial charge in [-0.05, 0) is 19.8 Å². The zero-order valence-corrected chi connectivity index (χ0v) is 14.6. The molecule has 0 aliphatic carbocycles. The number of rotatable bonds is 4. The normalized spacial score (nSPS) is 17.0. The number of aromatic nitrogens is 3. The molecule has 0 bridgehead atoms. The summed E-state index contributed by atoms with van der Waals surface area (Å²) >= 11 is 0. The Hall–Kier alpha value is -2.64. The van der Waals surface area contributed by atoms with E-state index in [9.17, 15) is 14.7 Å². The molecule has 0 saturated carbocycles. The standard InChI is InChI=1S/C17H22N4O4/c1-11(2)14-13(19-10-25-14)15(22)20-7-4-17(5-8-20,16(23)24)21-9-6-18-12(21)3/h6,9-11H,4-5,7-8H2,1-3H3,(H,23,24). The van der Waals surface area contributed by atoms with Crippen molar-refractivity contribution in [3.05, 3.63) is 36.1 Å². The summed E-state index contributed by atoms with van der Waals surface area (Å²) < 4.78 is 7.03. The number of nitrogens with zero attached hydrogens (tertiary/aromatic N) is 4. The van der Waals surface area contributed by atoms with Crippen LogP contribution in [-0.2, 0) is 10.3 Å². The summed E-state index contributed by atoms with van der Waals surface area (Å²) in [6.45, 7) is 6.34. The van der Waals surface area contributed by atoms with Crippen LogP contribution in [0, 0.1) is 6.92 Å². The van der Waals surface area contributed by atoms with E-state index in [0.29, 0.717) is 43.2 Å². The lowest BCUT2D eigenvalue weighted by molar-refractivity contribution is -0.150. The van der Waals surface area contributed by atoms with Gasteiger partial charge in [-0.1, -0.05) is 13.8 Å². The Morgan fingerprint density at radius 2 is 1.96 bits per heavy atom. The quantitative estimate of drug-likeness (QED) is 0.909. The van der Waals surface area contributed by atoms with Crippen LogP contribution in [0.3, 0.4) is 0 Å². The molecule has 0 aromatic carbocycles. The second kappa shape index (κ2) is 6.34. The maximum Gasteiger partial charge on any atom is 0.330 e. The third-order valence-electron chi connectivity index (χ3n) is 4.88. The summed E-state index contributed by atoms with van der Waals surface area (Å²) in [7, 11) is 0. The first-order valence-electron chi connectivity index (χ1n) is 8.33. The number of imidazole rings is 1. The molecule has 0 unspecified atom stereocenters. The number of aryl methyl sites for hydroxylation is 1. The summed E-state index contributed by atoms with van der Waals surface area (Å²) in [5.74, 6) is 0.160. The lowest BCUT2D eigenvalue weighted by Gasteiger charge is -2.40. The molecular weight excluding hydrogens is 324 g/mol. The molecule has 0 spiro atoms. The second-order valence-corrected chi connectivity index (χ2v) is 6.69.